The summed E-state index contributed by atoms with van der Waals surface area (Å²) in [7, 11) is 0. The third-order valence-electron chi connectivity index (χ3n) is 4.46. The lowest BCUT2D eigenvalue weighted by atomic mass is 10.0. The van der Waals surface area contributed by atoms with Crippen molar-refractivity contribution >= 4 is 11.9 Å². The molecule has 126 valence electrons. The number of carbonyl (C=O) groups is 1. The van der Waals surface area contributed by atoms with Gasteiger partial charge in [0.25, 0.3) is 5.91 Å². The number of aryl methyl sites for hydroxylation is 2. The van der Waals surface area contributed by atoms with E-state index in [2.05, 4.69) is 15.3 Å². The van der Waals surface area contributed by atoms with Gasteiger partial charge in [-0.3, -0.25) is 4.79 Å². The topological polar surface area (TPSA) is 78.4 Å². The Balaban J connectivity index is 1.74. The Kier molecular flexibility index (Phi) is 4.76. The molecule has 1 fully saturated rings. The number of anilines is 1. The summed E-state index contributed by atoms with van der Waals surface area (Å²) in [6.45, 7) is 5.12. The number of nitrogens with zero attached hydrogens (tertiary/aromatic N) is 3. The van der Waals surface area contributed by atoms with E-state index in [0.717, 1.165) is 11.1 Å². The Morgan fingerprint density at radius 3 is 2.75 bits per heavy atom. The van der Waals surface area contributed by atoms with Gasteiger partial charge in [-0.05, 0) is 31.5 Å². The van der Waals surface area contributed by atoms with Crippen LogP contribution in [0.4, 0.5) is 5.95 Å². The van der Waals surface area contributed by atoms with E-state index in [-0.39, 0.29) is 24.5 Å². The molecule has 1 aliphatic heterocycles. The predicted octanol–water partition coefficient (Wildman–Crippen LogP) is 1.32. The Morgan fingerprint density at radius 1 is 1.29 bits per heavy atom. The first-order valence-electron chi connectivity index (χ1n) is 8.09. The normalized spacial score (nSPS) is 20.2. The number of rotatable bonds is 4. The van der Waals surface area contributed by atoms with Gasteiger partial charge in [0.2, 0.25) is 5.95 Å². The zero-order chi connectivity index (χ0) is 17.1. The number of aliphatic hydroxyl groups is 1. The van der Waals surface area contributed by atoms with Crippen LogP contribution in [0.15, 0.2) is 36.7 Å². The molecule has 1 aromatic carbocycles. The summed E-state index contributed by atoms with van der Waals surface area (Å²) < 4.78 is 0. The molecule has 2 heterocycles. The van der Waals surface area contributed by atoms with Crippen molar-refractivity contribution in [2.45, 2.75) is 19.9 Å². The summed E-state index contributed by atoms with van der Waals surface area (Å²) in [4.78, 5) is 23.1. The average Bonchev–Trinajstić information content (AvgIpc) is 3.00. The maximum Gasteiger partial charge on any atom is 0.251 e. The van der Waals surface area contributed by atoms with Crippen molar-refractivity contribution in [2.75, 3.05) is 24.6 Å². The van der Waals surface area contributed by atoms with E-state index in [0.29, 0.717) is 24.6 Å². The molecule has 2 aromatic rings. The third kappa shape index (κ3) is 3.38. The van der Waals surface area contributed by atoms with Gasteiger partial charge in [0.15, 0.2) is 0 Å². The van der Waals surface area contributed by atoms with Gasteiger partial charge >= 0.3 is 0 Å². The van der Waals surface area contributed by atoms with E-state index >= 15 is 0 Å². The zero-order valence-electron chi connectivity index (χ0n) is 13.9. The van der Waals surface area contributed by atoms with Crippen LogP contribution >= 0.6 is 0 Å². The molecule has 0 bridgehead atoms. The number of aromatic nitrogens is 2. The Hall–Kier alpha value is -2.47. The van der Waals surface area contributed by atoms with Crippen molar-refractivity contribution in [2.24, 2.45) is 5.92 Å². The summed E-state index contributed by atoms with van der Waals surface area (Å²) in [5, 5.41) is 12.7. The minimum atomic E-state index is -0.133. The summed E-state index contributed by atoms with van der Waals surface area (Å²) in [6, 6.07) is 7.47. The highest BCUT2D eigenvalue weighted by molar-refractivity contribution is 5.96. The second-order valence-corrected chi connectivity index (χ2v) is 6.29. The fourth-order valence-electron chi connectivity index (χ4n) is 3.06. The standard InChI is InChI=1S/C18H22N4O2/c1-12-4-5-13(2)15(8-12)17(24)21-16-10-22(9-14(16)11-23)18-19-6-3-7-20-18/h3-8,14,16,23H,9-11H2,1-2H3,(H,21,24). The molecule has 0 spiro atoms. The molecule has 0 radical (unpaired) electrons. The zero-order valence-corrected chi connectivity index (χ0v) is 13.9. The van der Waals surface area contributed by atoms with Crippen LogP contribution in [0.2, 0.25) is 0 Å². The van der Waals surface area contributed by atoms with Crippen LogP contribution < -0.4 is 10.2 Å². The van der Waals surface area contributed by atoms with Gasteiger partial charge in [-0.25, -0.2) is 9.97 Å². The van der Waals surface area contributed by atoms with E-state index in [9.17, 15) is 9.90 Å². The highest BCUT2D eigenvalue weighted by Gasteiger charge is 2.34. The van der Waals surface area contributed by atoms with Crippen LogP contribution in [0.25, 0.3) is 0 Å². The molecule has 6 heteroatoms. The molecule has 1 aliphatic rings. The van der Waals surface area contributed by atoms with Crippen LogP contribution in [0.3, 0.4) is 0 Å². The quantitative estimate of drug-likeness (QED) is 0.886. The summed E-state index contributed by atoms with van der Waals surface area (Å²) >= 11 is 0. The third-order valence-corrected chi connectivity index (χ3v) is 4.46. The first kappa shape index (κ1) is 16.4. The first-order valence-corrected chi connectivity index (χ1v) is 8.09. The Labute approximate surface area is 141 Å². The molecule has 0 aliphatic carbocycles. The maximum atomic E-state index is 12.6. The Bertz CT molecular complexity index is 720. The van der Waals surface area contributed by atoms with Gasteiger partial charge in [-0.1, -0.05) is 17.7 Å². The lowest BCUT2D eigenvalue weighted by Crippen LogP contribution is -2.41. The lowest BCUT2D eigenvalue weighted by Gasteiger charge is -2.18. The van der Waals surface area contributed by atoms with Gasteiger partial charge in [-0.15, -0.1) is 0 Å². The number of benzene rings is 1. The predicted molar refractivity (Wildman–Crippen MR) is 92.0 cm³/mol. The van der Waals surface area contributed by atoms with Crippen molar-refractivity contribution < 1.29 is 9.90 Å². The van der Waals surface area contributed by atoms with Gasteiger partial charge in [-0.2, -0.15) is 0 Å². The van der Waals surface area contributed by atoms with E-state index in [1.165, 1.54) is 0 Å². The number of carbonyl (C=O) groups excluding carboxylic acids is 1. The summed E-state index contributed by atoms with van der Waals surface area (Å²) in [5.41, 5.74) is 2.68. The van der Waals surface area contributed by atoms with Crippen LogP contribution in [0.1, 0.15) is 21.5 Å². The average molecular weight is 326 g/mol. The number of amides is 1. The minimum Gasteiger partial charge on any atom is -0.396 e. The minimum absolute atomic E-state index is 0.0150. The van der Waals surface area contributed by atoms with Gasteiger partial charge in [0, 0.05) is 43.6 Å². The van der Waals surface area contributed by atoms with Gasteiger partial charge in [0.1, 0.15) is 0 Å². The molecule has 6 nitrogen and oxygen atoms in total. The Morgan fingerprint density at radius 2 is 2.04 bits per heavy atom. The van der Waals surface area contributed by atoms with Crippen LogP contribution in [-0.4, -0.2) is 46.7 Å². The highest BCUT2D eigenvalue weighted by Crippen LogP contribution is 2.21. The molecule has 3 rings (SSSR count). The molecule has 2 atom stereocenters. The molecular weight excluding hydrogens is 304 g/mol. The van der Waals surface area contributed by atoms with E-state index in [4.69, 9.17) is 0 Å². The van der Waals surface area contributed by atoms with E-state index in [1.54, 1.807) is 18.5 Å². The largest absolute Gasteiger partial charge is 0.396 e. The first-order chi connectivity index (χ1) is 11.6. The van der Waals surface area contributed by atoms with E-state index < -0.39 is 0 Å². The molecule has 2 unspecified atom stereocenters. The van der Waals surface area contributed by atoms with Crippen molar-refractivity contribution in [1.29, 1.82) is 0 Å². The van der Waals surface area contributed by atoms with Gasteiger partial charge in [0.05, 0.1) is 6.04 Å². The molecule has 2 N–H and O–H groups in total. The van der Waals surface area contributed by atoms with Crippen molar-refractivity contribution in [3.05, 3.63) is 53.3 Å². The lowest BCUT2D eigenvalue weighted by molar-refractivity contribution is 0.0921. The smallest absolute Gasteiger partial charge is 0.251 e. The molecule has 0 saturated carbocycles. The maximum absolute atomic E-state index is 12.6. The molecule has 1 aromatic heterocycles. The fourth-order valence-corrected chi connectivity index (χ4v) is 3.06. The molecular formula is C18H22N4O2. The van der Waals surface area contributed by atoms with Gasteiger partial charge < -0.3 is 15.3 Å². The number of hydrogen-bond acceptors (Lipinski definition) is 5. The number of aliphatic hydroxyl groups excluding tert-OH is 1. The van der Waals surface area contributed by atoms with Crippen LogP contribution in [0.5, 0.6) is 0 Å². The number of nitrogens with one attached hydrogen (secondary N) is 1. The highest BCUT2D eigenvalue weighted by atomic mass is 16.3. The summed E-state index contributed by atoms with van der Waals surface area (Å²) in [5.74, 6) is 0.484. The SMILES string of the molecule is Cc1ccc(C)c(C(=O)NC2CN(c3ncccn3)CC2CO)c1. The van der Waals surface area contributed by atoms with Crippen LogP contribution in [-0.2, 0) is 0 Å². The molecule has 1 amide bonds. The van der Waals surface area contributed by atoms with E-state index in [1.807, 2.05) is 36.9 Å². The number of hydrogen-bond donors (Lipinski definition) is 2. The second kappa shape index (κ2) is 6.97. The van der Waals surface area contributed by atoms with Crippen molar-refractivity contribution in [3.63, 3.8) is 0 Å². The second-order valence-electron chi connectivity index (χ2n) is 6.29. The molecule has 24 heavy (non-hydrogen) atoms. The monoisotopic (exact) mass is 326 g/mol. The summed E-state index contributed by atoms with van der Waals surface area (Å²) in [6.07, 6.45) is 3.39. The van der Waals surface area contributed by atoms with Crippen molar-refractivity contribution in [1.82, 2.24) is 15.3 Å². The fraction of sp³-hybridized carbons (Fsp3) is 0.389. The van der Waals surface area contributed by atoms with Crippen molar-refractivity contribution in [3.8, 4) is 0 Å². The molecule has 1 saturated heterocycles. The van der Waals surface area contributed by atoms with Crippen LogP contribution in [0, 0.1) is 19.8 Å².